The number of hydrogen-bond donors (Lipinski definition) is 1. The fourth-order valence-corrected chi connectivity index (χ4v) is 8.03. The van der Waals surface area contributed by atoms with Gasteiger partial charge in [-0.3, -0.25) is 9.36 Å². The van der Waals surface area contributed by atoms with E-state index >= 15 is 0 Å². The van der Waals surface area contributed by atoms with Gasteiger partial charge in [-0.05, 0) is 92.7 Å². The first kappa shape index (κ1) is 26.9. The zero-order valence-electron chi connectivity index (χ0n) is 23.7. The summed E-state index contributed by atoms with van der Waals surface area (Å²) in [5.41, 5.74) is 4.19. The fraction of sp³-hybridized carbons (Fsp3) is 0.394. The molecule has 3 aliphatic carbocycles. The molecule has 0 radical (unpaired) electrons. The highest BCUT2D eigenvalue weighted by atomic mass is 32.2. The minimum Gasteiger partial charge on any atom is -0.292 e. The molecule has 0 aliphatic heterocycles. The Morgan fingerprint density at radius 3 is 2.33 bits per heavy atom. The van der Waals surface area contributed by atoms with Crippen molar-refractivity contribution in [2.45, 2.75) is 82.2 Å². The number of fused-ring (bicyclic) bond motifs is 1. The third-order valence-electron chi connectivity index (χ3n) is 8.38. The smallest absolute Gasteiger partial charge is 0.261 e. The third kappa shape index (κ3) is 4.79. The molecular weight excluding hydrogens is 518 g/mol. The van der Waals surface area contributed by atoms with Crippen molar-refractivity contribution in [2.24, 2.45) is 5.92 Å². The number of rotatable bonds is 8. The molecule has 1 heterocycles. The molecule has 1 N–H and O–H groups in total. The molecule has 0 saturated heterocycles. The Hall–Kier alpha value is -3.29. The standard InChI is InChI=1S/C33H37N3O3S/c1-5-8-30-34-28-16-15-25(33-18-23(19-33)20-33)17-27(28)31(37)36(30)21-22-11-13-24(14-12-22)26-9-6-7-10-29(26)40(38,39)35-32(2,3)4/h6-7,9-17,23,35H,5,8,18-21H2,1-4H3. The van der Waals surface area contributed by atoms with E-state index in [0.29, 0.717) is 22.9 Å². The van der Waals surface area contributed by atoms with E-state index in [4.69, 9.17) is 4.98 Å². The van der Waals surface area contributed by atoms with Crippen LogP contribution in [0.3, 0.4) is 0 Å². The average molecular weight is 556 g/mol. The van der Waals surface area contributed by atoms with Crippen LogP contribution in [-0.4, -0.2) is 23.5 Å². The summed E-state index contributed by atoms with van der Waals surface area (Å²) >= 11 is 0. The van der Waals surface area contributed by atoms with Gasteiger partial charge in [0.15, 0.2) is 0 Å². The monoisotopic (exact) mass is 555 g/mol. The fourth-order valence-electron chi connectivity index (χ4n) is 6.38. The molecular formula is C33H37N3O3S. The van der Waals surface area contributed by atoms with Crippen LogP contribution >= 0.6 is 0 Å². The molecule has 6 nitrogen and oxygen atoms in total. The second kappa shape index (κ2) is 9.67. The molecule has 1 aromatic heterocycles. The lowest BCUT2D eigenvalue weighted by Gasteiger charge is -2.62. The number of sulfonamides is 1. The quantitative estimate of drug-likeness (QED) is 0.281. The maximum absolute atomic E-state index is 13.8. The van der Waals surface area contributed by atoms with Crippen LogP contribution in [0.5, 0.6) is 0 Å². The van der Waals surface area contributed by atoms with Gasteiger partial charge < -0.3 is 0 Å². The van der Waals surface area contributed by atoms with Crippen molar-refractivity contribution in [3.63, 3.8) is 0 Å². The molecule has 0 amide bonds. The summed E-state index contributed by atoms with van der Waals surface area (Å²) in [6.07, 6.45) is 5.36. The molecule has 3 aliphatic rings. The summed E-state index contributed by atoms with van der Waals surface area (Å²) in [5, 5.41) is 0.698. The predicted octanol–water partition coefficient (Wildman–Crippen LogP) is 6.19. The zero-order chi connectivity index (χ0) is 28.3. The highest BCUT2D eigenvalue weighted by molar-refractivity contribution is 7.89. The van der Waals surface area contributed by atoms with Gasteiger partial charge >= 0.3 is 0 Å². The summed E-state index contributed by atoms with van der Waals surface area (Å²) in [4.78, 5) is 19.0. The molecule has 7 rings (SSSR count). The molecule has 0 spiro atoms. The summed E-state index contributed by atoms with van der Waals surface area (Å²) in [5.74, 6) is 1.68. The predicted molar refractivity (Wildman–Crippen MR) is 160 cm³/mol. The van der Waals surface area contributed by atoms with Gasteiger partial charge in [-0.15, -0.1) is 0 Å². The third-order valence-corrected chi connectivity index (χ3v) is 10.2. The molecule has 3 fully saturated rings. The Labute approximate surface area is 236 Å². The van der Waals surface area contributed by atoms with Crippen molar-refractivity contribution in [3.8, 4) is 11.1 Å². The minimum atomic E-state index is -3.71. The molecule has 4 aromatic rings. The zero-order valence-corrected chi connectivity index (χ0v) is 24.5. The van der Waals surface area contributed by atoms with Gasteiger partial charge in [-0.1, -0.05) is 55.5 Å². The van der Waals surface area contributed by atoms with Crippen LogP contribution in [0.25, 0.3) is 22.0 Å². The molecule has 7 heteroatoms. The SMILES string of the molecule is CCCc1nc2ccc(C34CC(C3)C4)cc2c(=O)n1Cc1ccc(-c2ccccc2S(=O)(=O)NC(C)(C)C)cc1. The van der Waals surface area contributed by atoms with Gasteiger partial charge in [0, 0.05) is 17.5 Å². The van der Waals surface area contributed by atoms with E-state index in [-0.39, 0.29) is 10.5 Å². The van der Waals surface area contributed by atoms with E-state index in [1.165, 1.54) is 24.8 Å². The summed E-state index contributed by atoms with van der Waals surface area (Å²) in [7, 11) is -3.71. The van der Waals surface area contributed by atoms with E-state index in [1.807, 2.05) is 67.8 Å². The average Bonchev–Trinajstić information content (AvgIpc) is 2.84. The lowest BCUT2D eigenvalue weighted by atomic mass is 9.42. The van der Waals surface area contributed by atoms with Gasteiger partial charge in [0.2, 0.25) is 10.0 Å². The number of benzene rings is 3. The minimum absolute atomic E-state index is 0.00988. The second-order valence-corrected chi connectivity index (χ2v) is 14.4. The van der Waals surface area contributed by atoms with Crippen LogP contribution in [0.4, 0.5) is 0 Å². The maximum Gasteiger partial charge on any atom is 0.261 e. The van der Waals surface area contributed by atoms with E-state index in [1.54, 1.807) is 12.1 Å². The number of aryl methyl sites for hydroxylation is 1. The van der Waals surface area contributed by atoms with Crippen molar-refractivity contribution in [1.82, 2.24) is 14.3 Å². The molecule has 0 unspecified atom stereocenters. The van der Waals surface area contributed by atoms with Crippen molar-refractivity contribution >= 4 is 20.9 Å². The van der Waals surface area contributed by atoms with Gasteiger partial charge in [0.1, 0.15) is 5.82 Å². The molecule has 2 bridgehead atoms. The highest BCUT2D eigenvalue weighted by Crippen LogP contribution is 2.65. The topological polar surface area (TPSA) is 81.1 Å². The second-order valence-electron chi connectivity index (χ2n) is 12.7. The van der Waals surface area contributed by atoms with Crippen molar-refractivity contribution in [2.75, 3.05) is 0 Å². The van der Waals surface area contributed by atoms with Crippen LogP contribution in [0.15, 0.2) is 76.4 Å². The van der Waals surface area contributed by atoms with Gasteiger partial charge in [0.05, 0.1) is 22.3 Å². The number of hydrogen-bond acceptors (Lipinski definition) is 4. The highest BCUT2D eigenvalue weighted by Gasteiger charge is 2.57. The summed E-state index contributed by atoms with van der Waals surface area (Å²) in [6.45, 7) is 8.00. The van der Waals surface area contributed by atoms with Crippen molar-refractivity contribution < 1.29 is 8.42 Å². The number of nitrogens with zero attached hydrogens (tertiary/aromatic N) is 2. The molecule has 40 heavy (non-hydrogen) atoms. The summed E-state index contributed by atoms with van der Waals surface area (Å²) in [6, 6.07) is 21.2. The van der Waals surface area contributed by atoms with E-state index in [0.717, 1.165) is 41.2 Å². The first-order chi connectivity index (χ1) is 19.0. The van der Waals surface area contributed by atoms with Crippen LogP contribution in [0.2, 0.25) is 0 Å². The van der Waals surface area contributed by atoms with Crippen molar-refractivity contribution in [1.29, 1.82) is 0 Å². The Balaban J connectivity index is 1.33. The van der Waals surface area contributed by atoms with Crippen LogP contribution in [0.1, 0.15) is 70.3 Å². The maximum atomic E-state index is 13.8. The van der Waals surface area contributed by atoms with E-state index < -0.39 is 15.6 Å². The lowest BCUT2D eigenvalue weighted by Crippen LogP contribution is -2.55. The van der Waals surface area contributed by atoms with Gasteiger partial charge in [-0.2, -0.15) is 0 Å². The van der Waals surface area contributed by atoms with Crippen molar-refractivity contribution in [3.05, 3.63) is 94.0 Å². The van der Waals surface area contributed by atoms with Crippen LogP contribution < -0.4 is 10.3 Å². The van der Waals surface area contributed by atoms with Crippen LogP contribution in [-0.2, 0) is 28.4 Å². The Kier molecular flexibility index (Phi) is 6.50. The van der Waals surface area contributed by atoms with E-state index in [2.05, 4.69) is 23.8 Å². The molecule has 0 atom stereocenters. The first-order valence-electron chi connectivity index (χ1n) is 14.2. The Morgan fingerprint density at radius 1 is 1.00 bits per heavy atom. The van der Waals surface area contributed by atoms with E-state index in [9.17, 15) is 13.2 Å². The Morgan fingerprint density at radius 2 is 1.70 bits per heavy atom. The largest absolute Gasteiger partial charge is 0.292 e. The van der Waals surface area contributed by atoms with Crippen LogP contribution in [0, 0.1) is 5.92 Å². The summed E-state index contributed by atoms with van der Waals surface area (Å²) < 4.78 is 30.9. The number of nitrogens with one attached hydrogen (secondary N) is 1. The lowest BCUT2D eigenvalue weighted by molar-refractivity contribution is -0.0273. The normalized spacial score (nSPS) is 20.2. The Bertz CT molecular complexity index is 1750. The molecule has 3 aromatic carbocycles. The van der Waals surface area contributed by atoms with Gasteiger partial charge in [0.25, 0.3) is 5.56 Å². The van der Waals surface area contributed by atoms with Gasteiger partial charge in [-0.25, -0.2) is 18.1 Å². The molecule has 208 valence electrons. The number of aromatic nitrogens is 2. The first-order valence-corrected chi connectivity index (χ1v) is 15.7. The molecule has 3 saturated carbocycles.